The predicted molar refractivity (Wildman–Crippen MR) is 70.0 cm³/mol. The summed E-state index contributed by atoms with van der Waals surface area (Å²) in [5, 5.41) is 8.46. The summed E-state index contributed by atoms with van der Waals surface area (Å²) in [6.07, 6.45) is 11.7. The van der Waals surface area contributed by atoms with Crippen molar-refractivity contribution >= 4 is 5.52 Å². The van der Waals surface area contributed by atoms with Crippen molar-refractivity contribution in [3.63, 3.8) is 0 Å². The molecular formula is C12H15N7. The molecule has 3 rings (SSSR count). The van der Waals surface area contributed by atoms with Crippen LogP contribution in [0.4, 0.5) is 0 Å². The van der Waals surface area contributed by atoms with E-state index >= 15 is 0 Å². The zero-order valence-corrected chi connectivity index (χ0v) is 10.6. The monoisotopic (exact) mass is 257 g/mol. The van der Waals surface area contributed by atoms with E-state index in [1.54, 1.807) is 21.6 Å². The molecule has 0 fully saturated rings. The highest BCUT2D eigenvalue weighted by molar-refractivity contribution is 5.53. The third-order valence-electron chi connectivity index (χ3n) is 3.13. The Kier molecular flexibility index (Phi) is 2.98. The number of nitrogens with one attached hydrogen (secondary N) is 1. The molecule has 3 heterocycles. The molecule has 0 amide bonds. The van der Waals surface area contributed by atoms with Gasteiger partial charge in [0, 0.05) is 31.2 Å². The van der Waals surface area contributed by atoms with Crippen molar-refractivity contribution in [2.24, 2.45) is 12.9 Å². The van der Waals surface area contributed by atoms with E-state index in [0.29, 0.717) is 0 Å². The number of hydrogen-bond donors (Lipinski definition) is 2. The van der Waals surface area contributed by atoms with E-state index in [4.69, 9.17) is 5.84 Å². The van der Waals surface area contributed by atoms with Gasteiger partial charge in [-0.2, -0.15) is 10.2 Å². The van der Waals surface area contributed by atoms with Crippen LogP contribution in [0.3, 0.4) is 0 Å². The standard InChI is InChI=1S/C12H15N7/c1-18-8-9(5-15-18)4-11(17-13)10-6-16-19-3-2-14-7-12(10)19/h2-3,5-8,11,17H,4,13H2,1H3. The molecule has 1 unspecified atom stereocenters. The summed E-state index contributed by atoms with van der Waals surface area (Å²) in [7, 11) is 1.90. The van der Waals surface area contributed by atoms with Crippen LogP contribution in [-0.4, -0.2) is 24.4 Å². The van der Waals surface area contributed by atoms with E-state index in [-0.39, 0.29) is 6.04 Å². The van der Waals surface area contributed by atoms with E-state index in [2.05, 4.69) is 20.6 Å². The quantitative estimate of drug-likeness (QED) is 0.515. The molecule has 7 heteroatoms. The van der Waals surface area contributed by atoms with Crippen LogP contribution in [0.25, 0.3) is 5.52 Å². The van der Waals surface area contributed by atoms with Gasteiger partial charge in [-0.25, -0.2) is 4.52 Å². The molecule has 1 atom stereocenters. The molecule has 0 radical (unpaired) electrons. The minimum atomic E-state index is -0.0223. The average Bonchev–Trinajstić information content (AvgIpc) is 3.02. The van der Waals surface area contributed by atoms with Gasteiger partial charge in [-0.15, -0.1) is 0 Å². The van der Waals surface area contributed by atoms with Crippen molar-refractivity contribution in [2.75, 3.05) is 0 Å². The summed E-state index contributed by atoms with van der Waals surface area (Å²) >= 11 is 0. The van der Waals surface area contributed by atoms with Crippen molar-refractivity contribution in [1.82, 2.24) is 29.8 Å². The highest BCUT2D eigenvalue weighted by atomic mass is 15.3. The molecule has 0 saturated heterocycles. The van der Waals surface area contributed by atoms with Gasteiger partial charge in [-0.05, 0) is 12.0 Å². The summed E-state index contributed by atoms with van der Waals surface area (Å²) in [5.41, 5.74) is 5.94. The number of aromatic nitrogens is 5. The number of hydrogen-bond acceptors (Lipinski definition) is 5. The van der Waals surface area contributed by atoms with E-state index < -0.39 is 0 Å². The molecule has 3 N–H and O–H groups in total. The van der Waals surface area contributed by atoms with Gasteiger partial charge in [0.05, 0.1) is 30.1 Å². The molecule has 0 aromatic carbocycles. The Labute approximate surface area is 110 Å². The first kappa shape index (κ1) is 11.8. The summed E-state index contributed by atoms with van der Waals surface area (Å²) in [6, 6.07) is -0.0223. The molecule has 0 aliphatic rings. The molecular weight excluding hydrogens is 242 g/mol. The first-order valence-electron chi connectivity index (χ1n) is 5.99. The third-order valence-corrected chi connectivity index (χ3v) is 3.13. The Morgan fingerprint density at radius 2 is 2.21 bits per heavy atom. The number of fused-ring (bicyclic) bond motifs is 1. The Bertz CT molecular complexity index is 684. The van der Waals surface area contributed by atoms with Crippen LogP contribution < -0.4 is 11.3 Å². The zero-order chi connectivity index (χ0) is 13.2. The maximum atomic E-state index is 5.67. The van der Waals surface area contributed by atoms with Crippen LogP contribution in [0.2, 0.25) is 0 Å². The zero-order valence-electron chi connectivity index (χ0n) is 10.6. The van der Waals surface area contributed by atoms with Crippen molar-refractivity contribution in [3.8, 4) is 0 Å². The lowest BCUT2D eigenvalue weighted by Gasteiger charge is -2.13. The normalized spacial score (nSPS) is 12.9. The van der Waals surface area contributed by atoms with Gasteiger partial charge in [0.25, 0.3) is 0 Å². The first-order valence-corrected chi connectivity index (χ1v) is 5.99. The Morgan fingerprint density at radius 1 is 1.32 bits per heavy atom. The summed E-state index contributed by atoms with van der Waals surface area (Å²) in [5.74, 6) is 5.67. The lowest BCUT2D eigenvalue weighted by atomic mass is 10.0. The van der Waals surface area contributed by atoms with Gasteiger partial charge in [0.2, 0.25) is 0 Å². The largest absolute Gasteiger partial charge is 0.276 e. The third kappa shape index (κ3) is 2.20. The highest BCUT2D eigenvalue weighted by Gasteiger charge is 2.16. The summed E-state index contributed by atoms with van der Waals surface area (Å²) in [6.45, 7) is 0. The van der Waals surface area contributed by atoms with Gasteiger partial charge >= 0.3 is 0 Å². The van der Waals surface area contributed by atoms with Gasteiger partial charge in [0.15, 0.2) is 0 Å². The molecule has 0 spiro atoms. The smallest absolute Gasteiger partial charge is 0.0893 e. The van der Waals surface area contributed by atoms with Crippen molar-refractivity contribution in [1.29, 1.82) is 0 Å². The number of nitrogens with two attached hydrogens (primary N) is 1. The fourth-order valence-corrected chi connectivity index (χ4v) is 2.19. The minimum absolute atomic E-state index is 0.0223. The molecule has 0 bridgehead atoms. The molecule has 0 aliphatic carbocycles. The number of nitrogens with zero attached hydrogens (tertiary/aromatic N) is 5. The van der Waals surface area contributed by atoms with Crippen LogP contribution in [0, 0.1) is 0 Å². The second-order valence-corrected chi connectivity index (χ2v) is 4.45. The first-order chi connectivity index (χ1) is 9.28. The Balaban J connectivity index is 1.93. The van der Waals surface area contributed by atoms with E-state index in [1.807, 2.05) is 31.8 Å². The van der Waals surface area contributed by atoms with E-state index in [9.17, 15) is 0 Å². The molecule has 0 saturated carbocycles. The number of rotatable bonds is 4. The van der Waals surface area contributed by atoms with E-state index in [1.165, 1.54) is 0 Å². The lowest BCUT2D eigenvalue weighted by molar-refractivity contribution is 0.555. The lowest BCUT2D eigenvalue weighted by Crippen LogP contribution is -2.29. The Hall–Kier alpha value is -2.25. The maximum Gasteiger partial charge on any atom is 0.0893 e. The number of hydrazine groups is 1. The molecule has 3 aromatic rings. The molecule has 0 aliphatic heterocycles. The second kappa shape index (κ2) is 4.79. The van der Waals surface area contributed by atoms with E-state index in [0.717, 1.165) is 23.1 Å². The Morgan fingerprint density at radius 3 is 2.95 bits per heavy atom. The highest BCUT2D eigenvalue weighted by Crippen LogP contribution is 2.21. The van der Waals surface area contributed by atoms with Crippen LogP contribution >= 0.6 is 0 Å². The summed E-state index contributed by atoms with van der Waals surface area (Å²) < 4.78 is 3.57. The van der Waals surface area contributed by atoms with Gasteiger partial charge in [0.1, 0.15) is 0 Å². The SMILES string of the molecule is Cn1cc(CC(NN)c2cnn3ccncc23)cn1. The van der Waals surface area contributed by atoms with Crippen molar-refractivity contribution < 1.29 is 0 Å². The number of aryl methyl sites for hydroxylation is 1. The van der Waals surface area contributed by atoms with Crippen LogP contribution in [0.15, 0.2) is 37.2 Å². The molecule has 3 aromatic heterocycles. The van der Waals surface area contributed by atoms with Crippen molar-refractivity contribution in [2.45, 2.75) is 12.5 Å². The average molecular weight is 257 g/mol. The molecule has 98 valence electrons. The summed E-state index contributed by atoms with van der Waals surface area (Å²) in [4.78, 5) is 4.13. The van der Waals surface area contributed by atoms with Crippen LogP contribution in [0.1, 0.15) is 17.2 Å². The fraction of sp³-hybridized carbons (Fsp3) is 0.250. The molecule has 19 heavy (non-hydrogen) atoms. The predicted octanol–water partition coefficient (Wildman–Crippen LogP) is 0.210. The van der Waals surface area contributed by atoms with Crippen LogP contribution in [0.5, 0.6) is 0 Å². The fourth-order valence-electron chi connectivity index (χ4n) is 2.19. The maximum absolute atomic E-state index is 5.67. The topological polar surface area (TPSA) is 86.1 Å². The van der Waals surface area contributed by atoms with Gasteiger partial charge in [-0.3, -0.25) is 20.9 Å². The van der Waals surface area contributed by atoms with Gasteiger partial charge < -0.3 is 0 Å². The van der Waals surface area contributed by atoms with Crippen molar-refractivity contribution in [3.05, 3.63) is 48.3 Å². The second-order valence-electron chi connectivity index (χ2n) is 4.45. The molecule has 7 nitrogen and oxygen atoms in total. The van der Waals surface area contributed by atoms with Gasteiger partial charge in [-0.1, -0.05) is 0 Å². The minimum Gasteiger partial charge on any atom is -0.276 e. The van der Waals surface area contributed by atoms with Crippen LogP contribution in [-0.2, 0) is 13.5 Å².